The Morgan fingerprint density at radius 2 is 2.21 bits per heavy atom. The van der Waals surface area contributed by atoms with Gasteiger partial charge in [0.05, 0.1) is 0 Å². The van der Waals surface area contributed by atoms with Crippen molar-refractivity contribution in [2.75, 3.05) is 0 Å². The van der Waals surface area contributed by atoms with Gasteiger partial charge >= 0.3 is 0 Å². The van der Waals surface area contributed by atoms with Gasteiger partial charge in [-0.3, -0.25) is 0 Å². The van der Waals surface area contributed by atoms with Crippen molar-refractivity contribution in [3.63, 3.8) is 0 Å². The molecule has 1 aromatic rings. The molecule has 0 unspecified atom stereocenters. The van der Waals surface area contributed by atoms with Crippen molar-refractivity contribution in [1.82, 2.24) is 4.98 Å². The Morgan fingerprint density at radius 1 is 1.57 bits per heavy atom. The van der Waals surface area contributed by atoms with Crippen LogP contribution in [-0.4, -0.2) is 4.98 Å². The van der Waals surface area contributed by atoms with Crippen LogP contribution in [0.3, 0.4) is 0 Å². The van der Waals surface area contributed by atoms with Crippen molar-refractivity contribution >= 4 is 31.9 Å². The Bertz CT molecular complexity index is 388. The van der Waals surface area contributed by atoms with Crippen LogP contribution >= 0.6 is 31.9 Å². The highest BCUT2D eigenvalue weighted by molar-refractivity contribution is 9.10. The van der Waals surface area contributed by atoms with E-state index >= 15 is 0 Å². The van der Waals surface area contributed by atoms with Crippen LogP contribution in [0.2, 0.25) is 0 Å². The third-order valence-corrected chi connectivity index (χ3v) is 2.78. The molecule has 0 atom stereocenters. The molecule has 2 nitrogen and oxygen atoms in total. The standard InChI is InChI=1S/C8H4Br2F2N2/c9-2-4-1-5(10)7(8(11)12)14-6(4)3-13/h1,8H,2H2. The summed E-state index contributed by atoms with van der Waals surface area (Å²) in [6, 6.07) is 3.25. The van der Waals surface area contributed by atoms with Gasteiger partial charge in [0.2, 0.25) is 0 Å². The average Bonchev–Trinajstić information content (AvgIpc) is 2.16. The first-order chi connectivity index (χ1) is 6.60. The van der Waals surface area contributed by atoms with Crippen molar-refractivity contribution in [1.29, 1.82) is 5.26 Å². The smallest absolute Gasteiger partial charge is 0.235 e. The molecule has 0 fully saturated rings. The van der Waals surface area contributed by atoms with Crippen molar-refractivity contribution in [3.8, 4) is 6.07 Å². The Hall–Kier alpha value is -0.540. The lowest BCUT2D eigenvalue weighted by molar-refractivity contribution is 0.145. The molecule has 0 N–H and O–H groups in total. The van der Waals surface area contributed by atoms with Gasteiger partial charge in [-0.15, -0.1) is 0 Å². The van der Waals surface area contributed by atoms with Crippen LogP contribution < -0.4 is 0 Å². The van der Waals surface area contributed by atoms with E-state index < -0.39 is 12.1 Å². The van der Waals surface area contributed by atoms with Crippen molar-refractivity contribution in [3.05, 3.63) is 27.5 Å². The minimum absolute atomic E-state index is 0.0281. The molecular formula is C8H4Br2F2N2. The lowest BCUT2D eigenvalue weighted by Crippen LogP contribution is -1.99. The topological polar surface area (TPSA) is 36.7 Å². The summed E-state index contributed by atoms with van der Waals surface area (Å²) in [5.74, 6) is 0. The Balaban J connectivity index is 3.32. The van der Waals surface area contributed by atoms with Gasteiger partial charge in [-0.2, -0.15) is 5.26 Å². The molecular weight excluding hydrogens is 322 g/mol. The second kappa shape index (κ2) is 4.80. The van der Waals surface area contributed by atoms with Crippen LogP contribution in [0.25, 0.3) is 0 Å². The molecule has 1 heterocycles. The minimum atomic E-state index is -2.68. The number of alkyl halides is 3. The summed E-state index contributed by atoms with van der Waals surface area (Å²) >= 11 is 6.12. The summed E-state index contributed by atoms with van der Waals surface area (Å²) in [7, 11) is 0. The molecule has 0 amide bonds. The van der Waals surface area contributed by atoms with E-state index in [2.05, 4.69) is 36.8 Å². The van der Waals surface area contributed by atoms with Crippen LogP contribution in [0.15, 0.2) is 10.5 Å². The van der Waals surface area contributed by atoms with Crippen LogP contribution in [0.1, 0.15) is 23.4 Å². The quantitative estimate of drug-likeness (QED) is 0.780. The molecule has 1 rings (SSSR count). The van der Waals surface area contributed by atoms with E-state index in [9.17, 15) is 8.78 Å². The fourth-order valence-electron chi connectivity index (χ4n) is 0.893. The third-order valence-electron chi connectivity index (χ3n) is 1.54. The lowest BCUT2D eigenvalue weighted by atomic mass is 10.2. The normalized spacial score (nSPS) is 10.3. The van der Waals surface area contributed by atoms with Gasteiger partial charge in [-0.1, -0.05) is 15.9 Å². The largest absolute Gasteiger partial charge is 0.281 e. The first kappa shape index (κ1) is 11.5. The molecule has 1 aromatic heterocycles. The molecule has 6 heteroatoms. The predicted octanol–water partition coefficient (Wildman–Crippen LogP) is 3.55. The highest BCUT2D eigenvalue weighted by Gasteiger charge is 2.16. The summed E-state index contributed by atoms with van der Waals surface area (Å²) < 4.78 is 25.0. The van der Waals surface area contributed by atoms with Gasteiger partial charge in [0.25, 0.3) is 6.43 Å². The molecule has 0 spiro atoms. The van der Waals surface area contributed by atoms with Crippen molar-refractivity contribution < 1.29 is 8.78 Å². The summed E-state index contributed by atoms with van der Waals surface area (Å²) in [5, 5.41) is 9.06. The first-order valence-corrected chi connectivity index (χ1v) is 5.45. The van der Waals surface area contributed by atoms with E-state index in [-0.39, 0.29) is 10.2 Å². The Labute approximate surface area is 96.2 Å². The number of pyridine rings is 1. The minimum Gasteiger partial charge on any atom is -0.235 e. The SMILES string of the molecule is N#Cc1nc(C(F)F)c(Br)cc1CBr. The maximum Gasteiger partial charge on any atom is 0.281 e. The molecule has 0 saturated carbocycles. The average molecular weight is 326 g/mol. The van der Waals surface area contributed by atoms with E-state index in [0.29, 0.717) is 10.9 Å². The van der Waals surface area contributed by atoms with E-state index in [1.807, 2.05) is 0 Å². The highest BCUT2D eigenvalue weighted by Crippen LogP contribution is 2.28. The monoisotopic (exact) mass is 324 g/mol. The number of hydrogen-bond donors (Lipinski definition) is 0. The third kappa shape index (κ3) is 2.28. The van der Waals surface area contributed by atoms with E-state index in [1.165, 1.54) is 6.07 Å². The van der Waals surface area contributed by atoms with Gasteiger partial charge in [0.15, 0.2) is 0 Å². The van der Waals surface area contributed by atoms with Crippen LogP contribution in [0.4, 0.5) is 8.78 Å². The maximum absolute atomic E-state index is 12.4. The zero-order valence-electron chi connectivity index (χ0n) is 6.77. The summed E-state index contributed by atoms with van der Waals surface area (Å²) in [6.07, 6.45) is -2.68. The molecule has 0 aliphatic carbocycles. The predicted molar refractivity (Wildman–Crippen MR) is 54.2 cm³/mol. The molecule has 14 heavy (non-hydrogen) atoms. The molecule has 0 radical (unpaired) electrons. The molecule has 0 saturated heterocycles. The number of nitrogens with zero attached hydrogens (tertiary/aromatic N) is 2. The summed E-state index contributed by atoms with van der Waals surface area (Å²) in [6.45, 7) is 0. The summed E-state index contributed by atoms with van der Waals surface area (Å²) in [5.41, 5.74) is 0.218. The second-order valence-corrected chi connectivity index (χ2v) is 3.82. The Morgan fingerprint density at radius 3 is 2.64 bits per heavy atom. The molecule has 0 aliphatic heterocycles. The zero-order chi connectivity index (χ0) is 10.7. The molecule has 0 aromatic carbocycles. The molecule has 74 valence electrons. The van der Waals surface area contributed by atoms with Crippen LogP contribution in [-0.2, 0) is 5.33 Å². The maximum atomic E-state index is 12.4. The van der Waals surface area contributed by atoms with Gasteiger partial charge in [0, 0.05) is 15.4 Å². The van der Waals surface area contributed by atoms with Crippen molar-refractivity contribution in [2.45, 2.75) is 11.8 Å². The number of aromatic nitrogens is 1. The number of rotatable bonds is 2. The summed E-state index contributed by atoms with van der Waals surface area (Å²) in [4.78, 5) is 3.57. The van der Waals surface area contributed by atoms with E-state index in [1.54, 1.807) is 6.07 Å². The van der Waals surface area contributed by atoms with Crippen LogP contribution in [0, 0.1) is 11.3 Å². The van der Waals surface area contributed by atoms with E-state index in [0.717, 1.165) is 0 Å². The fourth-order valence-corrected chi connectivity index (χ4v) is 1.86. The number of halogens is 4. The number of hydrogen-bond acceptors (Lipinski definition) is 2. The Kier molecular flexibility index (Phi) is 3.96. The molecule has 0 bridgehead atoms. The van der Waals surface area contributed by atoms with Gasteiger partial charge < -0.3 is 0 Å². The van der Waals surface area contributed by atoms with Gasteiger partial charge in [0.1, 0.15) is 17.5 Å². The lowest BCUT2D eigenvalue weighted by Gasteiger charge is -2.05. The van der Waals surface area contributed by atoms with Crippen molar-refractivity contribution in [2.24, 2.45) is 0 Å². The van der Waals surface area contributed by atoms with Gasteiger partial charge in [-0.25, -0.2) is 13.8 Å². The zero-order valence-corrected chi connectivity index (χ0v) is 9.94. The first-order valence-electron chi connectivity index (χ1n) is 3.53. The second-order valence-electron chi connectivity index (χ2n) is 2.41. The van der Waals surface area contributed by atoms with E-state index in [4.69, 9.17) is 5.26 Å². The molecule has 0 aliphatic rings. The number of nitriles is 1. The van der Waals surface area contributed by atoms with Crippen LogP contribution in [0.5, 0.6) is 0 Å². The fraction of sp³-hybridized carbons (Fsp3) is 0.250. The van der Waals surface area contributed by atoms with Gasteiger partial charge in [-0.05, 0) is 22.0 Å². The highest BCUT2D eigenvalue weighted by atomic mass is 79.9.